The first-order valence-corrected chi connectivity index (χ1v) is 8.72. The molecule has 0 aromatic carbocycles. The van der Waals surface area contributed by atoms with Crippen LogP contribution in [-0.4, -0.2) is 20.8 Å². The third-order valence-electron chi connectivity index (χ3n) is 3.15. The molecule has 6 heteroatoms. The number of rotatable bonds is 12. The van der Waals surface area contributed by atoms with E-state index in [0.717, 1.165) is 12.8 Å². The minimum atomic E-state index is -3.50. The van der Waals surface area contributed by atoms with Gasteiger partial charge in [0, 0.05) is 0 Å². The molecule has 0 saturated carbocycles. The summed E-state index contributed by atoms with van der Waals surface area (Å²) in [6.45, 7) is 2.79. The molecular formula is C12H27O5P. The number of unbranched alkanes of at least 4 members (excludes halogenated alkanes) is 7. The van der Waals surface area contributed by atoms with E-state index in [0.29, 0.717) is 6.61 Å². The Morgan fingerprint density at radius 3 is 1.72 bits per heavy atom. The molecule has 110 valence electrons. The third-order valence-corrected chi connectivity index (χ3v) is 5.46. The van der Waals surface area contributed by atoms with Gasteiger partial charge in [0.15, 0.2) is 0 Å². The average molecular weight is 282 g/mol. The van der Waals surface area contributed by atoms with E-state index in [9.17, 15) is 0 Å². The van der Waals surface area contributed by atoms with E-state index in [2.05, 4.69) is 6.92 Å². The van der Waals surface area contributed by atoms with E-state index in [-0.39, 0.29) is 0 Å². The Kier molecular flexibility index (Phi) is 6.99. The Bertz CT molecular complexity index is 225. The van der Waals surface area contributed by atoms with E-state index < -0.39 is 7.74 Å². The molecular weight excluding hydrogens is 255 g/mol. The second-order valence-corrected chi connectivity index (χ2v) is 7.35. The van der Waals surface area contributed by atoms with Crippen molar-refractivity contribution in [2.75, 3.05) is 20.8 Å². The average Bonchev–Trinajstić information content (AvgIpc) is 3.15. The Morgan fingerprint density at radius 1 is 0.778 bits per heavy atom. The zero-order valence-corrected chi connectivity index (χ0v) is 12.7. The van der Waals surface area contributed by atoms with Gasteiger partial charge in [0.25, 0.3) is 0 Å². The van der Waals surface area contributed by atoms with Crippen LogP contribution in [0.4, 0.5) is 0 Å². The molecule has 0 atom stereocenters. The molecule has 0 spiro atoms. The zero-order chi connectivity index (χ0) is 13.3. The van der Waals surface area contributed by atoms with Crippen LogP contribution in [-0.2, 0) is 22.9 Å². The summed E-state index contributed by atoms with van der Waals surface area (Å²) < 4.78 is 25.3. The molecule has 1 heterocycles. The molecule has 0 aromatic rings. The van der Waals surface area contributed by atoms with Crippen LogP contribution in [0.3, 0.4) is 0 Å². The van der Waals surface area contributed by atoms with Crippen LogP contribution in [0.25, 0.3) is 0 Å². The summed E-state index contributed by atoms with van der Waals surface area (Å²) in [6, 6.07) is 0. The van der Waals surface area contributed by atoms with Gasteiger partial charge in [0.2, 0.25) is 0 Å². The van der Waals surface area contributed by atoms with Crippen LogP contribution in [0, 0.1) is 0 Å². The predicted molar refractivity (Wildman–Crippen MR) is 71.7 cm³/mol. The Labute approximate surface area is 110 Å². The molecule has 1 rings (SSSR count). The summed E-state index contributed by atoms with van der Waals surface area (Å²) in [6.07, 6.45) is 10.1. The fraction of sp³-hybridized carbons (Fsp3) is 1.00. The molecule has 1 saturated heterocycles. The van der Waals surface area contributed by atoms with Crippen LogP contribution < -0.4 is 0 Å². The maximum absolute atomic E-state index is 5.51. The van der Waals surface area contributed by atoms with Gasteiger partial charge in [-0.2, -0.15) is 0 Å². The minimum absolute atomic E-state index is 0.550. The first-order chi connectivity index (χ1) is 8.70. The van der Waals surface area contributed by atoms with Crippen molar-refractivity contribution < 1.29 is 22.9 Å². The van der Waals surface area contributed by atoms with Gasteiger partial charge in [-0.05, 0) is 0 Å². The monoisotopic (exact) mass is 282 g/mol. The van der Waals surface area contributed by atoms with Crippen molar-refractivity contribution >= 4 is 7.74 Å². The van der Waals surface area contributed by atoms with Crippen LogP contribution in [0.15, 0.2) is 0 Å². The van der Waals surface area contributed by atoms with E-state index >= 15 is 0 Å². The summed E-state index contributed by atoms with van der Waals surface area (Å²) >= 11 is 0. The molecule has 0 amide bonds. The van der Waals surface area contributed by atoms with E-state index in [1.54, 1.807) is 0 Å². The van der Waals surface area contributed by atoms with Gasteiger partial charge in [-0.25, -0.2) is 0 Å². The van der Waals surface area contributed by atoms with Gasteiger partial charge >= 0.3 is 110 Å². The van der Waals surface area contributed by atoms with Gasteiger partial charge in [0.1, 0.15) is 0 Å². The van der Waals surface area contributed by atoms with Gasteiger partial charge in [-0.1, -0.05) is 0 Å². The van der Waals surface area contributed by atoms with Gasteiger partial charge in [-0.15, -0.1) is 0 Å². The van der Waals surface area contributed by atoms with Gasteiger partial charge in [0.05, 0.1) is 0 Å². The van der Waals surface area contributed by atoms with E-state index in [1.807, 2.05) is 0 Å². The van der Waals surface area contributed by atoms with Crippen LogP contribution in [0.5, 0.6) is 0 Å². The fourth-order valence-corrected chi connectivity index (χ4v) is 3.28. The topological polar surface area (TPSA) is 52.8 Å². The summed E-state index contributed by atoms with van der Waals surface area (Å²) in [5.41, 5.74) is 0. The summed E-state index contributed by atoms with van der Waals surface area (Å²) in [4.78, 5) is 0. The van der Waals surface area contributed by atoms with Crippen molar-refractivity contribution in [1.29, 1.82) is 0 Å². The first kappa shape index (κ1) is 16.3. The van der Waals surface area contributed by atoms with Gasteiger partial charge < -0.3 is 0 Å². The van der Waals surface area contributed by atoms with Crippen molar-refractivity contribution in [2.24, 2.45) is 0 Å². The third kappa shape index (κ3) is 4.72. The molecule has 0 radical (unpaired) electrons. The second kappa shape index (κ2) is 7.73. The molecule has 1 aliphatic rings. The summed E-state index contributed by atoms with van der Waals surface area (Å²) in [7, 11) is -0.551. The fourth-order valence-electron chi connectivity index (χ4n) is 1.84. The normalized spacial score (nSPS) is 22.3. The van der Waals surface area contributed by atoms with E-state index in [1.165, 1.54) is 52.7 Å². The first-order valence-electron chi connectivity index (χ1n) is 6.89. The summed E-state index contributed by atoms with van der Waals surface area (Å²) in [5, 5.41) is 0. The molecule has 0 aromatic heterocycles. The molecule has 18 heavy (non-hydrogen) atoms. The molecule has 0 aliphatic carbocycles. The zero-order valence-electron chi connectivity index (χ0n) is 11.9. The molecule has 0 unspecified atom stereocenters. The van der Waals surface area contributed by atoms with E-state index in [4.69, 9.17) is 22.9 Å². The van der Waals surface area contributed by atoms with Crippen LogP contribution >= 0.6 is 7.74 Å². The number of hydrogen-bond acceptors (Lipinski definition) is 5. The van der Waals surface area contributed by atoms with Gasteiger partial charge in [-0.3, -0.25) is 0 Å². The molecule has 5 nitrogen and oxygen atoms in total. The number of hydrogen-bond donors (Lipinski definition) is 0. The van der Waals surface area contributed by atoms with Crippen molar-refractivity contribution in [3.05, 3.63) is 0 Å². The molecule has 0 bridgehead atoms. The molecule has 1 fully saturated rings. The second-order valence-electron chi connectivity index (χ2n) is 4.57. The van der Waals surface area contributed by atoms with Crippen molar-refractivity contribution in [3.63, 3.8) is 0 Å². The molecule has 1 aliphatic heterocycles. The maximum atomic E-state index is 5.51. The van der Waals surface area contributed by atoms with Crippen LogP contribution in [0.2, 0.25) is 0 Å². The Morgan fingerprint density at radius 2 is 1.28 bits per heavy atom. The molecule has 0 N–H and O–H groups in total. The summed E-state index contributed by atoms with van der Waals surface area (Å²) in [5.74, 6) is 0. The van der Waals surface area contributed by atoms with Crippen molar-refractivity contribution in [3.8, 4) is 0 Å². The Hall–Kier alpha value is 0.230. The van der Waals surface area contributed by atoms with Crippen LogP contribution in [0.1, 0.15) is 58.3 Å². The standard InChI is InChI=1S/C12H27O5P/c1-4-5-6-7-8-9-10-11-12-15-18(13-2,14-3)16-17-18/h4-12H2,1-3H3. The predicted octanol–water partition coefficient (Wildman–Crippen LogP) is 4.53. The Balaban J connectivity index is 1.93. The quantitative estimate of drug-likeness (QED) is 0.228. The van der Waals surface area contributed by atoms with Crippen molar-refractivity contribution in [1.82, 2.24) is 0 Å². The van der Waals surface area contributed by atoms with Crippen molar-refractivity contribution in [2.45, 2.75) is 58.3 Å². The SMILES string of the molecule is CCCCCCCCCCOP1(OC)(OC)OO1.